The number of hydrogen-bond donors (Lipinski definition) is 0. The van der Waals surface area contributed by atoms with E-state index in [0.29, 0.717) is 5.17 Å². The molecule has 0 radical (unpaired) electrons. The van der Waals surface area contributed by atoms with Crippen molar-refractivity contribution in [2.75, 3.05) is 0 Å². The van der Waals surface area contributed by atoms with Crippen LogP contribution in [-0.4, -0.2) is 5.17 Å². The highest BCUT2D eigenvalue weighted by molar-refractivity contribution is 9.10. The quantitative estimate of drug-likeness (QED) is 0.506. The van der Waals surface area contributed by atoms with E-state index in [9.17, 15) is 0 Å². The summed E-state index contributed by atoms with van der Waals surface area (Å²) in [4.78, 5) is 3.92. The van der Waals surface area contributed by atoms with E-state index in [2.05, 4.69) is 20.9 Å². The first-order valence-electron chi connectivity index (χ1n) is 3.44. The van der Waals surface area contributed by atoms with Crippen molar-refractivity contribution < 1.29 is 0 Å². The summed E-state index contributed by atoms with van der Waals surface area (Å²) in [6.45, 7) is 0. The molecule has 1 nitrogen and oxygen atoms in total. The molecule has 1 aromatic carbocycles. The lowest BCUT2D eigenvalue weighted by molar-refractivity contribution is 0.948. The molecule has 2 rings (SSSR count). The van der Waals surface area contributed by atoms with Crippen LogP contribution in [0.4, 0.5) is 0 Å². The number of fused-ring (bicyclic) bond motifs is 1. The zero-order chi connectivity index (χ0) is 9.64. The van der Waals surface area contributed by atoms with Crippen molar-refractivity contribution in [2.24, 2.45) is 4.99 Å². The standard InChI is InChI=1S/C8H3BrCl3N/c9-4-1-2-5-6(3-4)8(11,12)13-7(5)10/h1-3H. The number of nitrogens with zero attached hydrogens (tertiary/aromatic N) is 1. The Hall–Kier alpha value is 0.240. The zero-order valence-electron chi connectivity index (χ0n) is 6.19. The Morgan fingerprint density at radius 2 is 2.00 bits per heavy atom. The SMILES string of the molecule is ClC1=NC(Cl)(Cl)c2cc(Br)ccc21. The summed E-state index contributed by atoms with van der Waals surface area (Å²) in [5.41, 5.74) is 1.50. The predicted octanol–water partition coefficient (Wildman–Crippen LogP) is 4.04. The summed E-state index contributed by atoms with van der Waals surface area (Å²) in [5.74, 6) is 0. The minimum absolute atomic E-state index is 0.354. The maximum atomic E-state index is 5.94. The van der Waals surface area contributed by atoms with E-state index in [1.165, 1.54) is 0 Å². The fraction of sp³-hybridized carbons (Fsp3) is 0.125. The lowest BCUT2D eigenvalue weighted by atomic mass is 10.1. The smallest absolute Gasteiger partial charge is 0.229 e. The van der Waals surface area contributed by atoms with Crippen molar-refractivity contribution in [1.29, 1.82) is 0 Å². The van der Waals surface area contributed by atoms with Crippen LogP contribution in [0.5, 0.6) is 0 Å². The monoisotopic (exact) mass is 297 g/mol. The molecule has 0 N–H and O–H groups in total. The van der Waals surface area contributed by atoms with Crippen LogP contribution in [-0.2, 0) is 4.46 Å². The summed E-state index contributed by atoms with van der Waals surface area (Å²) in [6.07, 6.45) is 0. The predicted molar refractivity (Wildman–Crippen MR) is 59.9 cm³/mol. The Morgan fingerprint density at radius 3 is 2.69 bits per heavy atom. The van der Waals surface area contributed by atoms with Gasteiger partial charge in [0.15, 0.2) is 0 Å². The van der Waals surface area contributed by atoms with Crippen LogP contribution >= 0.6 is 50.7 Å². The first-order valence-corrected chi connectivity index (χ1v) is 5.37. The van der Waals surface area contributed by atoms with Crippen LogP contribution in [0.15, 0.2) is 27.7 Å². The molecule has 1 aliphatic rings. The summed E-state index contributed by atoms with van der Waals surface area (Å²) >= 11 is 21.0. The molecule has 0 aliphatic carbocycles. The van der Waals surface area contributed by atoms with E-state index in [4.69, 9.17) is 34.8 Å². The molecule has 0 spiro atoms. The number of halogens is 4. The van der Waals surface area contributed by atoms with Crippen LogP contribution < -0.4 is 0 Å². The molecule has 1 aromatic rings. The third-order valence-corrected chi connectivity index (χ3v) is 3.12. The molecule has 0 unspecified atom stereocenters. The third-order valence-electron chi connectivity index (χ3n) is 1.77. The third kappa shape index (κ3) is 1.61. The minimum Gasteiger partial charge on any atom is -0.229 e. The normalized spacial score (nSPS) is 18.3. The van der Waals surface area contributed by atoms with Gasteiger partial charge in [-0.05, 0) is 12.1 Å². The largest absolute Gasteiger partial charge is 0.235 e. The Kier molecular flexibility index (Phi) is 2.35. The Bertz CT molecular complexity index is 400. The average molecular weight is 299 g/mol. The fourth-order valence-electron chi connectivity index (χ4n) is 1.19. The lowest BCUT2D eigenvalue weighted by Gasteiger charge is -2.10. The Balaban J connectivity index is 2.68. The molecule has 0 saturated heterocycles. The van der Waals surface area contributed by atoms with Crippen LogP contribution in [0.1, 0.15) is 11.1 Å². The van der Waals surface area contributed by atoms with Crippen LogP contribution in [0.25, 0.3) is 0 Å². The highest BCUT2D eigenvalue weighted by Gasteiger charge is 2.35. The van der Waals surface area contributed by atoms with Crippen molar-refractivity contribution in [2.45, 2.75) is 4.46 Å². The number of benzene rings is 1. The molecule has 0 atom stereocenters. The van der Waals surface area contributed by atoms with Gasteiger partial charge in [0.1, 0.15) is 5.17 Å². The van der Waals surface area contributed by atoms with Gasteiger partial charge in [0.2, 0.25) is 4.46 Å². The van der Waals surface area contributed by atoms with Gasteiger partial charge in [-0.2, -0.15) is 0 Å². The van der Waals surface area contributed by atoms with Gasteiger partial charge in [0, 0.05) is 15.6 Å². The molecule has 1 aliphatic heterocycles. The van der Waals surface area contributed by atoms with Gasteiger partial charge < -0.3 is 0 Å². The zero-order valence-corrected chi connectivity index (χ0v) is 10.0. The van der Waals surface area contributed by atoms with Gasteiger partial charge >= 0.3 is 0 Å². The van der Waals surface area contributed by atoms with Gasteiger partial charge in [0.05, 0.1) is 0 Å². The van der Waals surface area contributed by atoms with Crippen molar-refractivity contribution in [1.82, 2.24) is 0 Å². The van der Waals surface area contributed by atoms with Gasteiger partial charge in [-0.25, -0.2) is 4.99 Å². The molecule has 1 heterocycles. The van der Waals surface area contributed by atoms with E-state index in [0.717, 1.165) is 15.6 Å². The fourth-order valence-corrected chi connectivity index (χ4v) is 2.41. The molecule has 5 heteroatoms. The molecule has 0 bridgehead atoms. The molecule has 0 amide bonds. The summed E-state index contributed by atoms with van der Waals surface area (Å²) < 4.78 is -0.339. The first kappa shape index (κ1) is 9.78. The maximum absolute atomic E-state index is 5.94. The second kappa shape index (κ2) is 3.13. The van der Waals surface area contributed by atoms with E-state index in [1.807, 2.05) is 18.2 Å². The van der Waals surface area contributed by atoms with E-state index in [-0.39, 0.29) is 0 Å². The van der Waals surface area contributed by atoms with Crippen molar-refractivity contribution in [3.05, 3.63) is 33.8 Å². The van der Waals surface area contributed by atoms with Gasteiger partial charge in [-0.15, -0.1) is 0 Å². The second-order valence-corrected chi connectivity index (χ2v) is 5.19. The molecule has 68 valence electrons. The first-order chi connectivity index (χ1) is 6.00. The van der Waals surface area contributed by atoms with Crippen molar-refractivity contribution >= 4 is 55.9 Å². The highest BCUT2D eigenvalue weighted by Crippen LogP contribution is 2.44. The van der Waals surface area contributed by atoms with Crippen molar-refractivity contribution in [3.8, 4) is 0 Å². The summed E-state index contributed by atoms with van der Waals surface area (Å²) in [5, 5.41) is 0.354. The molecule has 0 aromatic heterocycles. The number of hydrogen-bond acceptors (Lipinski definition) is 1. The Labute approximate surface area is 98.8 Å². The van der Waals surface area contributed by atoms with Crippen LogP contribution in [0.3, 0.4) is 0 Å². The van der Waals surface area contributed by atoms with Gasteiger partial charge in [-0.1, -0.05) is 56.8 Å². The maximum Gasteiger partial charge on any atom is 0.235 e. The molecule has 13 heavy (non-hydrogen) atoms. The molecular formula is C8H3BrCl3N. The molecule has 0 fully saturated rings. The number of aliphatic imine (C=N–C) groups is 1. The van der Waals surface area contributed by atoms with Crippen molar-refractivity contribution in [3.63, 3.8) is 0 Å². The number of alkyl halides is 2. The highest BCUT2D eigenvalue weighted by atomic mass is 79.9. The van der Waals surface area contributed by atoms with E-state index >= 15 is 0 Å². The number of rotatable bonds is 0. The van der Waals surface area contributed by atoms with E-state index < -0.39 is 4.46 Å². The van der Waals surface area contributed by atoms with Gasteiger partial charge in [0.25, 0.3) is 0 Å². The van der Waals surface area contributed by atoms with Gasteiger partial charge in [-0.3, -0.25) is 0 Å². The minimum atomic E-state index is -1.24. The van der Waals surface area contributed by atoms with E-state index in [1.54, 1.807) is 0 Å². The topological polar surface area (TPSA) is 12.4 Å². The summed E-state index contributed by atoms with van der Waals surface area (Å²) in [6, 6.07) is 5.51. The lowest BCUT2D eigenvalue weighted by Crippen LogP contribution is -2.02. The second-order valence-electron chi connectivity index (χ2n) is 2.63. The Morgan fingerprint density at radius 1 is 1.31 bits per heavy atom. The van der Waals surface area contributed by atoms with Crippen LogP contribution in [0, 0.1) is 0 Å². The average Bonchev–Trinajstić information content (AvgIpc) is 2.23. The molecule has 0 saturated carbocycles. The van der Waals surface area contributed by atoms with Crippen LogP contribution in [0.2, 0.25) is 0 Å². The molecular weight excluding hydrogens is 296 g/mol. The summed E-state index contributed by atoms with van der Waals surface area (Å²) in [7, 11) is 0.